The monoisotopic (exact) mass is 480 g/mol. The van der Waals surface area contributed by atoms with E-state index in [0.717, 1.165) is 68.7 Å². The number of halogens is 2. The van der Waals surface area contributed by atoms with Crippen LogP contribution in [0.3, 0.4) is 0 Å². The van der Waals surface area contributed by atoms with Crippen LogP contribution in [0.4, 0.5) is 0 Å². The van der Waals surface area contributed by atoms with Gasteiger partial charge < -0.3 is 19.5 Å². The number of amides is 1. The van der Waals surface area contributed by atoms with Gasteiger partial charge in [0.05, 0.1) is 11.0 Å². The summed E-state index contributed by atoms with van der Waals surface area (Å²) in [4.78, 5) is 23.3. The first-order chi connectivity index (χ1) is 14.6. The topological polar surface area (TPSA) is 61.6 Å². The smallest absolute Gasteiger partial charge is 0.253 e. The zero-order chi connectivity index (χ0) is 20.3. The van der Waals surface area contributed by atoms with Crippen molar-refractivity contribution in [2.24, 2.45) is 0 Å². The maximum Gasteiger partial charge on any atom is 0.253 e. The van der Waals surface area contributed by atoms with E-state index in [-0.39, 0.29) is 42.2 Å². The van der Waals surface area contributed by atoms with Crippen LogP contribution in [0.5, 0.6) is 0 Å². The molecule has 0 aliphatic carbocycles. The van der Waals surface area contributed by atoms with Gasteiger partial charge in [0, 0.05) is 18.1 Å². The Morgan fingerprint density at radius 3 is 2.41 bits per heavy atom. The number of hydrogen-bond donors (Lipinski definition) is 1. The van der Waals surface area contributed by atoms with Crippen LogP contribution in [0.2, 0.25) is 0 Å². The summed E-state index contributed by atoms with van der Waals surface area (Å²) in [6.07, 6.45) is 9.26. The quantitative estimate of drug-likeness (QED) is 0.714. The van der Waals surface area contributed by atoms with E-state index >= 15 is 0 Å². The van der Waals surface area contributed by atoms with Crippen LogP contribution in [-0.4, -0.2) is 65.5 Å². The summed E-state index contributed by atoms with van der Waals surface area (Å²) in [7, 11) is 2.25. The first-order valence-corrected chi connectivity index (χ1v) is 11.8. The lowest BCUT2D eigenvalue weighted by atomic mass is 9.72. The van der Waals surface area contributed by atoms with Crippen molar-refractivity contribution in [1.29, 1.82) is 0 Å². The van der Waals surface area contributed by atoms with Gasteiger partial charge in [0.25, 0.3) is 5.91 Å². The molecule has 7 rings (SSSR count). The number of nitrogens with one attached hydrogen (secondary N) is 1. The summed E-state index contributed by atoms with van der Waals surface area (Å²) in [5.74, 6) is 0.856. The van der Waals surface area contributed by atoms with E-state index in [1.807, 2.05) is 18.2 Å². The number of piperidine rings is 5. The maximum absolute atomic E-state index is 13.3. The minimum atomic E-state index is 0. The molecule has 0 radical (unpaired) electrons. The van der Waals surface area contributed by atoms with E-state index in [9.17, 15) is 4.79 Å². The molecule has 4 bridgehead atoms. The molecule has 6 heterocycles. The Balaban J connectivity index is 0.00000122. The Morgan fingerprint density at radius 2 is 1.75 bits per heavy atom. The zero-order valence-corrected chi connectivity index (χ0v) is 20.3. The van der Waals surface area contributed by atoms with Gasteiger partial charge in [-0.15, -0.1) is 24.8 Å². The molecular formula is C24H34Cl2N4O2. The summed E-state index contributed by atoms with van der Waals surface area (Å²) in [6.45, 7) is 3.39. The largest absolute Gasteiger partial charge is 0.440 e. The van der Waals surface area contributed by atoms with E-state index in [1.54, 1.807) is 0 Å². The van der Waals surface area contributed by atoms with Crippen molar-refractivity contribution in [1.82, 2.24) is 20.1 Å². The van der Waals surface area contributed by atoms with Gasteiger partial charge in [0.1, 0.15) is 5.52 Å². The van der Waals surface area contributed by atoms with Gasteiger partial charge in [-0.25, -0.2) is 4.98 Å². The molecule has 2 atom stereocenters. The van der Waals surface area contributed by atoms with Crippen LogP contribution in [0.1, 0.15) is 67.6 Å². The number of carbonyl (C=O) groups is 1. The third-order valence-corrected chi connectivity index (χ3v) is 8.51. The summed E-state index contributed by atoms with van der Waals surface area (Å²) >= 11 is 0. The van der Waals surface area contributed by atoms with Gasteiger partial charge in [-0.3, -0.25) is 4.79 Å². The Bertz CT molecular complexity index is 944. The molecule has 5 saturated heterocycles. The standard InChI is InChI=1S/C24H32N4O2.2ClH/c1-27-17-4-2-5-18(27)15-16(14-17)25-22(29)19-6-3-7-20-21(19)26-23(30-20)24-8-11-28(12-9-24)13-10-24;;/h3,6-7,16-18H,2,4-5,8-15H2,1H3,(H,25,29);2*1H. The molecule has 1 amide bonds. The number of nitrogens with zero attached hydrogens (tertiary/aromatic N) is 3. The van der Waals surface area contributed by atoms with Crippen molar-refractivity contribution in [2.75, 3.05) is 26.7 Å². The normalized spacial score (nSPS) is 33.9. The van der Waals surface area contributed by atoms with Crippen molar-refractivity contribution in [3.63, 3.8) is 0 Å². The molecule has 6 nitrogen and oxygen atoms in total. The lowest BCUT2D eigenvalue weighted by Gasteiger charge is -2.47. The highest BCUT2D eigenvalue weighted by Crippen LogP contribution is 2.43. The lowest BCUT2D eigenvalue weighted by molar-refractivity contribution is 0.0463. The number of oxazole rings is 1. The van der Waals surface area contributed by atoms with Gasteiger partial charge in [-0.2, -0.15) is 0 Å². The number of carbonyl (C=O) groups excluding carboxylic acids is 1. The van der Waals surface area contributed by atoms with Crippen LogP contribution in [0.15, 0.2) is 22.6 Å². The van der Waals surface area contributed by atoms with E-state index in [0.29, 0.717) is 17.6 Å². The fraction of sp³-hybridized carbons (Fsp3) is 0.667. The predicted molar refractivity (Wildman–Crippen MR) is 130 cm³/mol. The van der Waals surface area contributed by atoms with E-state index in [4.69, 9.17) is 9.40 Å². The molecule has 176 valence electrons. The average molecular weight is 481 g/mol. The highest BCUT2D eigenvalue weighted by molar-refractivity contribution is 6.04. The fourth-order valence-electron chi connectivity index (χ4n) is 6.50. The van der Waals surface area contributed by atoms with Crippen LogP contribution in [-0.2, 0) is 5.41 Å². The molecule has 5 aliphatic rings. The first-order valence-electron chi connectivity index (χ1n) is 11.8. The third kappa shape index (κ3) is 3.93. The number of benzene rings is 1. The van der Waals surface area contributed by atoms with Gasteiger partial charge in [0.15, 0.2) is 5.58 Å². The lowest BCUT2D eigenvalue weighted by Crippen LogP contribution is -2.55. The van der Waals surface area contributed by atoms with E-state index in [2.05, 4.69) is 22.2 Å². The zero-order valence-electron chi connectivity index (χ0n) is 18.7. The van der Waals surface area contributed by atoms with Crippen molar-refractivity contribution >= 4 is 41.8 Å². The molecule has 8 heteroatoms. The molecule has 0 spiro atoms. The molecule has 1 aromatic carbocycles. The maximum atomic E-state index is 13.3. The Labute approximate surface area is 202 Å². The number of rotatable bonds is 3. The summed E-state index contributed by atoms with van der Waals surface area (Å²) < 4.78 is 6.27. The molecular weight excluding hydrogens is 447 g/mol. The second kappa shape index (κ2) is 9.13. The Morgan fingerprint density at radius 1 is 1.09 bits per heavy atom. The number of hydrogen-bond acceptors (Lipinski definition) is 5. The molecule has 2 unspecified atom stereocenters. The Hall–Kier alpha value is -1.34. The second-order valence-electron chi connectivity index (χ2n) is 10.1. The van der Waals surface area contributed by atoms with Crippen LogP contribution in [0, 0.1) is 0 Å². The minimum absolute atomic E-state index is 0. The van der Waals surface area contributed by atoms with Crippen LogP contribution >= 0.6 is 24.8 Å². The van der Waals surface area contributed by atoms with Crippen molar-refractivity contribution in [3.05, 3.63) is 29.7 Å². The van der Waals surface area contributed by atoms with E-state index < -0.39 is 0 Å². The van der Waals surface area contributed by atoms with Crippen molar-refractivity contribution in [3.8, 4) is 0 Å². The highest BCUT2D eigenvalue weighted by atomic mass is 35.5. The molecule has 0 saturated carbocycles. The molecule has 1 aromatic heterocycles. The molecule has 32 heavy (non-hydrogen) atoms. The van der Waals surface area contributed by atoms with Crippen molar-refractivity contribution in [2.45, 2.75) is 74.9 Å². The van der Waals surface area contributed by atoms with Gasteiger partial charge in [0.2, 0.25) is 5.89 Å². The van der Waals surface area contributed by atoms with Crippen molar-refractivity contribution < 1.29 is 9.21 Å². The Kier molecular flexibility index (Phi) is 6.79. The number of aromatic nitrogens is 1. The van der Waals surface area contributed by atoms with E-state index in [1.165, 1.54) is 19.3 Å². The molecule has 1 N–H and O–H groups in total. The van der Waals surface area contributed by atoms with Crippen LogP contribution in [0.25, 0.3) is 11.1 Å². The molecule has 2 aromatic rings. The average Bonchev–Trinajstić information content (AvgIpc) is 3.21. The number of para-hydroxylation sites is 1. The summed E-state index contributed by atoms with van der Waals surface area (Å²) in [5, 5.41) is 3.34. The van der Waals surface area contributed by atoms with Gasteiger partial charge >= 0.3 is 0 Å². The predicted octanol–water partition coefficient (Wildman–Crippen LogP) is 4.15. The summed E-state index contributed by atoms with van der Waals surface area (Å²) in [5.41, 5.74) is 2.21. The SMILES string of the molecule is CN1C2CCCC1CC(NC(=O)c1cccc3oc(C45CCN(CC4)CC5)nc13)C2.Cl.Cl. The molecule has 5 aliphatic heterocycles. The molecule has 5 fully saturated rings. The highest BCUT2D eigenvalue weighted by Gasteiger charge is 2.44. The van der Waals surface area contributed by atoms with Crippen LogP contribution < -0.4 is 5.32 Å². The fourth-order valence-corrected chi connectivity index (χ4v) is 6.50. The number of fused-ring (bicyclic) bond motifs is 6. The van der Waals surface area contributed by atoms with Gasteiger partial charge in [-0.1, -0.05) is 12.5 Å². The second-order valence-corrected chi connectivity index (χ2v) is 10.1. The minimum Gasteiger partial charge on any atom is -0.440 e. The third-order valence-electron chi connectivity index (χ3n) is 8.51. The van der Waals surface area contributed by atoms with Gasteiger partial charge in [-0.05, 0) is 83.8 Å². The first kappa shape index (κ1) is 23.8. The summed E-state index contributed by atoms with van der Waals surface area (Å²) in [6, 6.07) is 7.25.